The summed E-state index contributed by atoms with van der Waals surface area (Å²) in [6.07, 6.45) is 2.88. The molecule has 0 amide bonds. The summed E-state index contributed by atoms with van der Waals surface area (Å²) in [5.41, 5.74) is -1.15. The molecule has 0 bridgehead atoms. The van der Waals surface area contributed by atoms with Gasteiger partial charge in [-0.3, -0.25) is 0 Å². The van der Waals surface area contributed by atoms with Gasteiger partial charge in [0.15, 0.2) is 9.84 Å². The number of isocyanates is 1. The number of nitrogens with zero attached hydrogens (tertiary/aromatic N) is 1. The number of hydrogen-bond acceptors (Lipinski definition) is 4. The van der Waals surface area contributed by atoms with Gasteiger partial charge in [-0.05, 0) is 18.9 Å². The van der Waals surface area contributed by atoms with Crippen molar-refractivity contribution in [1.29, 1.82) is 0 Å². The van der Waals surface area contributed by atoms with Crippen LogP contribution >= 0.6 is 0 Å². The van der Waals surface area contributed by atoms with Crippen molar-refractivity contribution in [3.05, 3.63) is 29.3 Å². The molecule has 0 aliphatic heterocycles. The van der Waals surface area contributed by atoms with E-state index in [4.69, 9.17) is 0 Å². The van der Waals surface area contributed by atoms with Gasteiger partial charge in [0.05, 0.1) is 0 Å². The molecule has 1 aliphatic carbocycles. The zero-order chi connectivity index (χ0) is 13.6. The second-order valence-electron chi connectivity index (χ2n) is 4.24. The maximum atomic E-state index is 14.1. The minimum atomic E-state index is -4.02. The van der Waals surface area contributed by atoms with Gasteiger partial charge in [0.2, 0.25) is 6.08 Å². The molecule has 96 valence electrons. The number of sulfone groups is 1. The molecule has 1 fully saturated rings. The van der Waals surface area contributed by atoms with Crippen LogP contribution in [-0.4, -0.2) is 20.8 Å². The summed E-state index contributed by atoms with van der Waals surface area (Å²) in [5.74, 6) is -2.32. The molecular formula is C11H9F2NO3S. The lowest BCUT2D eigenvalue weighted by Crippen LogP contribution is -2.12. The highest BCUT2D eigenvalue weighted by Gasteiger charge is 2.47. The van der Waals surface area contributed by atoms with Gasteiger partial charge < -0.3 is 0 Å². The van der Waals surface area contributed by atoms with Crippen LogP contribution in [0.2, 0.25) is 0 Å². The summed E-state index contributed by atoms with van der Waals surface area (Å²) in [6, 6.07) is 1.99. The molecule has 1 saturated carbocycles. The largest absolute Gasteiger partial charge is 0.235 e. The van der Waals surface area contributed by atoms with Crippen molar-refractivity contribution in [2.75, 3.05) is 6.26 Å². The Morgan fingerprint density at radius 3 is 2.39 bits per heavy atom. The van der Waals surface area contributed by atoms with Crippen LogP contribution in [0.15, 0.2) is 22.0 Å². The number of rotatable bonds is 3. The molecule has 7 heteroatoms. The van der Waals surface area contributed by atoms with Crippen LogP contribution < -0.4 is 0 Å². The third kappa shape index (κ3) is 1.95. The van der Waals surface area contributed by atoms with E-state index in [-0.39, 0.29) is 5.56 Å². The maximum absolute atomic E-state index is 14.1. The monoisotopic (exact) mass is 273 g/mol. The number of hydrogen-bond donors (Lipinski definition) is 0. The number of aliphatic imine (C=N–C) groups is 1. The number of benzene rings is 1. The highest BCUT2D eigenvalue weighted by molar-refractivity contribution is 7.90. The Bertz CT molecular complexity index is 659. The molecule has 1 aromatic carbocycles. The molecule has 0 saturated heterocycles. The predicted octanol–water partition coefficient (Wildman–Crippen LogP) is 1.69. The minimum absolute atomic E-state index is 0.0762. The van der Waals surface area contributed by atoms with Crippen molar-refractivity contribution < 1.29 is 22.0 Å². The first-order valence-corrected chi connectivity index (χ1v) is 6.98. The van der Waals surface area contributed by atoms with Crippen LogP contribution in [0.4, 0.5) is 8.78 Å². The Morgan fingerprint density at radius 1 is 1.33 bits per heavy atom. The Morgan fingerprint density at radius 2 is 1.94 bits per heavy atom. The fourth-order valence-electron chi connectivity index (χ4n) is 1.88. The molecule has 1 aliphatic rings. The first-order valence-electron chi connectivity index (χ1n) is 5.09. The van der Waals surface area contributed by atoms with Crippen molar-refractivity contribution in [3.63, 3.8) is 0 Å². The normalized spacial score (nSPS) is 17.1. The lowest BCUT2D eigenvalue weighted by Gasteiger charge is -2.12. The molecule has 0 radical (unpaired) electrons. The molecular weight excluding hydrogens is 264 g/mol. The highest BCUT2D eigenvalue weighted by atomic mass is 32.2. The van der Waals surface area contributed by atoms with Crippen molar-refractivity contribution in [2.24, 2.45) is 4.99 Å². The zero-order valence-electron chi connectivity index (χ0n) is 9.41. The lowest BCUT2D eigenvalue weighted by atomic mass is 10.0. The van der Waals surface area contributed by atoms with Crippen LogP contribution in [0.25, 0.3) is 0 Å². The molecule has 2 rings (SSSR count). The SMILES string of the molecule is CS(=O)(=O)c1c(F)ccc(C2(N=C=O)CC2)c1F. The van der Waals surface area contributed by atoms with E-state index in [0.29, 0.717) is 12.8 Å². The summed E-state index contributed by atoms with van der Waals surface area (Å²) in [5, 5.41) is 0. The van der Waals surface area contributed by atoms with E-state index in [1.54, 1.807) is 0 Å². The van der Waals surface area contributed by atoms with E-state index in [2.05, 4.69) is 4.99 Å². The van der Waals surface area contributed by atoms with E-state index in [1.165, 1.54) is 6.08 Å². The fourth-order valence-corrected chi connectivity index (χ4v) is 2.74. The summed E-state index contributed by atoms with van der Waals surface area (Å²) < 4.78 is 50.2. The maximum Gasteiger partial charge on any atom is 0.235 e. The second-order valence-corrected chi connectivity index (χ2v) is 6.20. The molecule has 18 heavy (non-hydrogen) atoms. The van der Waals surface area contributed by atoms with Crippen LogP contribution in [0.5, 0.6) is 0 Å². The summed E-state index contributed by atoms with van der Waals surface area (Å²) in [6.45, 7) is 0. The van der Waals surface area contributed by atoms with Gasteiger partial charge in [0.1, 0.15) is 22.1 Å². The Hall–Kier alpha value is -1.59. The van der Waals surface area contributed by atoms with Gasteiger partial charge >= 0.3 is 0 Å². The highest BCUT2D eigenvalue weighted by Crippen LogP contribution is 2.50. The van der Waals surface area contributed by atoms with Crippen molar-refractivity contribution in [1.82, 2.24) is 0 Å². The van der Waals surface area contributed by atoms with Crippen molar-refractivity contribution in [3.8, 4) is 0 Å². The smallest absolute Gasteiger partial charge is 0.224 e. The number of carbonyl (C=O) groups excluding carboxylic acids is 1. The fraction of sp³-hybridized carbons (Fsp3) is 0.364. The van der Waals surface area contributed by atoms with Crippen LogP contribution in [0.3, 0.4) is 0 Å². The van der Waals surface area contributed by atoms with Crippen LogP contribution in [0.1, 0.15) is 18.4 Å². The number of halogens is 2. The third-order valence-corrected chi connectivity index (χ3v) is 4.02. The van der Waals surface area contributed by atoms with E-state index in [1.807, 2.05) is 0 Å². The molecule has 0 N–H and O–H groups in total. The Labute approximate surface area is 102 Å². The predicted molar refractivity (Wildman–Crippen MR) is 58.5 cm³/mol. The van der Waals surface area contributed by atoms with Gasteiger partial charge in [-0.25, -0.2) is 22.0 Å². The van der Waals surface area contributed by atoms with E-state index < -0.39 is 31.9 Å². The minimum Gasteiger partial charge on any atom is -0.224 e. The quantitative estimate of drug-likeness (QED) is 0.622. The standard InChI is InChI=1S/C11H9F2NO3S/c1-18(16,17)10-8(12)3-2-7(9(10)13)11(4-5-11)14-6-15/h2-3H,4-5H2,1H3. The summed E-state index contributed by atoms with van der Waals surface area (Å²) >= 11 is 0. The van der Waals surface area contributed by atoms with Gasteiger partial charge in [0.25, 0.3) is 0 Å². The van der Waals surface area contributed by atoms with E-state index in [9.17, 15) is 22.0 Å². The lowest BCUT2D eigenvalue weighted by molar-refractivity contribution is 0.499. The molecule has 0 spiro atoms. The van der Waals surface area contributed by atoms with Gasteiger partial charge in [0, 0.05) is 11.8 Å². The average molecular weight is 273 g/mol. The molecule has 1 aromatic rings. The van der Waals surface area contributed by atoms with E-state index in [0.717, 1.165) is 18.4 Å². The molecule has 0 heterocycles. The first-order chi connectivity index (χ1) is 8.32. The summed E-state index contributed by atoms with van der Waals surface area (Å²) in [7, 11) is -4.02. The first kappa shape index (κ1) is 12.9. The van der Waals surface area contributed by atoms with Crippen LogP contribution in [0, 0.1) is 11.6 Å². The Kier molecular flexibility index (Phi) is 2.83. The summed E-state index contributed by atoms with van der Waals surface area (Å²) in [4.78, 5) is 12.8. The van der Waals surface area contributed by atoms with E-state index >= 15 is 0 Å². The van der Waals surface area contributed by atoms with Gasteiger partial charge in [-0.1, -0.05) is 6.07 Å². The molecule has 0 atom stereocenters. The zero-order valence-corrected chi connectivity index (χ0v) is 10.2. The third-order valence-electron chi connectivity index (χ3n) is 2.90. The van der Waals surface area contributed by atoms with Gasteiger partial charge in [-0.2, -0.15) is 4.99 Å². The molecule has 4 nitrogen and oxygen atoms in total. The van der Waals surface area contributed by atoms with Gasteiger partial charge in [-0.15, -0.1) is 0 Å². The Balaban J connectivity index is 2.70. The second kappa shape index (κ2) is 3.96. The average Bonchev–Trinajstić information content (AvgIpc) is 2.97. The molecule has 0 aromatic heterocycles. The topological polar surface area (TPSA) is 63.6 Å². The molecule has 0 unspecified atom stereocenters. The van der Waals surface area contributed by atoms with Crippen molar-refractivity contribution >= 4 is 15.9 Å². The van der Waals surface area contributed by atoms with Crippen LogP contribution in [-0.2, 0) is 20.2 Å². The van der Waals surface area contributed by atoms with Crippen molar-refractivity contribution in [2.45, 2.75) is 23.3 Å².